The SMILES string of the molecule is CCCC[C@H](CC)CNC(=O)Cc1ccc(C)cc1. The third-order valence-electron chi connectivity index (χ3n) is 3.62. The molecule has 1 amide bonds. The Morgan fingerprint density at radius 3 is 2.47 bits per heavy atom. The van der Waals surface area contributed by atoms with Crippen LogP contribution in [0.5, 0.6) is 0 Å². The van der Waals surface area contributed by atoms with Crippen molar-refractivity contribution < 1.29 is 4.79 Å². The summed E-state index contributed by atoms with van der Waals surface area (Å²) in [7, 11) is 0. The molecule has 1 rings (SSSR count). The molecule has 0 aliphatic rings. The standard InChI is InChI=1S/C17H27NO/c1-4-6-7-15(5-2)13-18-17(19)12-16-10-8-14(3)9-11-16/h8-11,15H,4-7,12-13H2,1-3H3,(H,18,19)/t15-/m0/s1. The third-order valence-corrected chi connectivity index (χ3v) is 3.62. The van der Waals surface area contributed by atoms with Crippen molar-refractivity contribution in [3.8, 4) is 0 Å². The number of hydrogen-bond acceptors (Lipinski definition) is 1. The van der Waals surface area contributed by atoms with Gasteiger partial charge in [-0.05, 0) is 24.8 Å². The largest absolute Gasteiger partial charge is 0.356 e. The average Bonchev–Trinajstić information content (AvgIpc) is 2.42. The fourth-order valence-electron chi connectivity index (χ4n) is 2.16. The zero-order valence-corrected chi connectivity index (χ0v) is 12.5. The Morgan fingerprint density at radius 1 is 1.21 bits per heavy atom. The zero-order valence-electron chi connectivity index (χ0n) is 12.5. The molecule has 0 aromatic heterocycles. The number of carbonyl (C=O) groups is 1. The van der Waals surface area contributed by atoms with E-state index in [2.05, 4.69) is 38.2 Å². The van der Waals surface area contributed by atoms with Gasteiger partial charge in [-0.2, -0.15) is 0 Å². The molecular formula is C17H27NO. The third kappa shape index (κ3) is 6.42. The smallest absolute Gasteiger partial charge is 0.224 e. The van der Waals surface area contributed by atoms with Gasteiger partial charge in [0.15, 0.2) is 0 Å². The van der Waals surface area contributed by atoms with E-state index in [9.17, 15) is 4.79 Å². The summed E-state index contributed by atoms with van der Waals surface area (Å²) in [6, 6.07) is 8.17. The molecule has 0 fully saturated rings. The second-order valence-corrected chi connectivity index (χ2v) is 5.38. The molecule has 19 heavy (non-hydrogen) atoms. The molecule has 1 N–H and O–H groups in total. The van der Waals surface area contributed by atoms with Crippen molar-refractivity contribution in [2.45, 2.75) is 52.9 Å². The average molecular weight is 261 g/mol. The van der Waals surface area contributed by atoms with Crippen LogP contribution in [0.25, 0.3) is 0 Å². The molecule has 0 aliphatic heterocycles. The molecule has 0 saturated carbocycles. The lowest BCUT2D eigenvalue weighted by Crippen LogP contribution is -2.30. The lowest BCUT2D eigenvalue weighted by Gasteiger charge is -2.15. The molecule has 0 saturated heterocycles. The number of amides is 1. The fraction of sp³-hybridized carbons (Fsp3) is 0.588. The molecule has 0 spiro atoms. The Balaban J connectivity index is 2.32. The van der Waals surface area contributed by atoms with Gasteiger partial charge in [-0.25, -0.2) is 0 Å². The maximum absolute atomic E-state index is 11.9. The maximum Gasteiger partial charge on any atom is 0.224 e. The van der Waals surface area contributed by atoms with Crippen LogP contribution < -0.4 is 5.32 Å². The van der Waals surface area contributed by atoms with E-state index in [4.69, 9.17) is 0 Å². The normalized spacial score (nSPS) is 12.2. The summed E-state index contributed by atoms with van der Waals surface area (Å²) >= 11 is 0. The van der Waals surface area contributed by atoms with Gasteiger partial charge in [-0.15, -0.1) is 0 Å². The van der Waals surface area contributed by atoms with Gasteiger partial charge in [0.2, 0.25) is 5.91 Å². The molecule has 2 heteroatoms. The second-order valence-electron chi connectivity index (χ2n) is 5.38. The summed E-state index contributed by atoms with van der Waals surface area (Å²) in [5.74, 6) is 0.765. The minimum Gasteiger partial charge on any atom is -0.356 e. The van der Waals surface area contributed by atoms with Crippen LogP contribution in [0, 0.1) is 12.8 Å². The van der Waals surface area contributed by atoms with Crippen molar-refractivity contribution in [3.05, 3.63) is 35.4 Å². The van der Waals surface area contributed by atoms with E-state index in [1.54, 1.807) is 0 Å². The quantitative estimate of drug-likeness (QED) is 0.756. The highest BCUT2D eigenvalue weighted by molar-refractivity contribution is 5.78. The molecule has 1 aromatic rings. The number of benzene rings is 1. The van der Waals surface area contributed by atoms with Gasteiger partial charge >= 0.3 is 0 Å². The fourth-order valence-corrected chi connectivity index (χ4v) is 2.16. The number of nitrogens with one attached hydrogen (secondary N) is 1. The van der Waals surface area contributed by atoms with Crippen LogP contribution >= 0.6 is 0 Å². The summed E-state index contributed by atoms with van der Waals surface area (Å²) in [6.07, 6.45) is 5.34. The molecule has 0 radical (unpaired) electrons. The predicted octanol–water partition coefficient (Wildman–Crippen LogP) is 3.87. The Labute approximate surface area is 117 Å². The molecule has 1 atom stereocenters. The first-order chi connectivity index (χ1) is 9.15. The summed E-state index contributed by atoms with van der Waals surface area (Å²) < 4.78 is 0. The van der Waals surface area contributed by atoms with Crippen LogP contribution in [0.3, 0.4) is 0 Å². The highest BCUT2D eigenvalue weighted by Gasteiger charge is 2.08. The van der Waals surface area contributed by atoms with E-state index in [0.717, 1.165) is 18.5 Å². The van der Waals surface area contributed by atoms with E-state index in [-0.39, 0.29) is 5.91 Å². The minimum absolute atomic E-state index is 0.138. The lowest BCUT2D eigenvalue weighted by molar-refractivity contribution is -0.120. The number of hydrogen-bond donors (Lipinski definition) is 1. The summed E-state index contributed by atoms with van der Waals surface area (Å²) in [5, 5.41) is 3.07. The molecule has 0 unspecified atom stereocenters. The van der Waals surface area contributed by atoms with Crippen LogP contribution in [-0.4, -0.2) is 12.5 Å². The van der Waals surface area contributed by atoms with Crippen LogP contribution in [0.4, 0.5) is 0 Å². The Morgan fingerprint density at radius 2 is 1.89 bits per heavy atom. The van der Waals surface area contributed by atoms with Gasteiger partial charge in [0, 0.05) is 6.54 Å². The Bertz CT molecular complexity index is 369. The number of aryl methyl sites for hydroxylation is 1. The van der Waals surface area contributed by atoms with Crippen LogP contribution in [0.15, 0.2) is 24.3 Å². The van der Waals surface area contributed by atoms with Crippen molar-refractivity contribution in [2.24, 2.45) is 5.92 Å². The van der Waals surface area contributed by atoms with Gasteiger partial charge < -0.3 is 5.32 Å². The van der Waals surface area contributed by atoms with E-state index in [0.29, 0.717) is 12.3 Å². The topological polar surface area (TPSA) is 29.1 Å². The van der Waals surface area contributed by atoms with Gasteiger partial charge in [0.25, 0.3) is 0 Å². The Kier molecular flexibility index (Phi) is 7.24. The highest BCUT2D eigenvalue weighted by atomic mass is 16.1. The highest BCUT2D eigenvalue weighted by Crippen LogP contribution is 2.11. The summed E-state index contributed by atoms with van der Waals surface area (Å²) in [5.41, 5.74) is 2.32. The first kappa shape index (κ1) is 15.7. The summed E-state index contributed by atoms with van der Waals surface area (Å²) in [6.45, 7) is 7.29. The van der Waals surface area contributed by atoms with Crippen molar-refractivity contribution in [3.63, 3.8) is 0 Å². The molecule has 1 aromatic carbocycles. The first-order valence-electron chi connectivity index (χ1n) is 7.48. The zero-order chi connectivity index (χ0) is 14.1. The van der Waals surface area contributed by atoms with Crippen molar-refractivity contribution in [2.75, 3.05) is 6.54 Å². The maximum atomic E-state index is 11.9. The number of rotatable bonds is 8. The number of carbonyl (C=O) groups excluding carboxylic acids is 1. The first-order valence-corrected chi connectivity index (χ1v) is 7.48. The van der Waals surface area contributed by atoms with Crippen LogP contribution in [-0.2, 0) is 11.2 Å². The number of unbranched alkanes of at least 4 members (excludes halogenated alkanes) is 1. The monoisotopic (exact) mass is 261 g/mol. The molecule has 0 aliphatic carbocycles. The van der Waals surface area contributed by atoms with E-state index < -0.39 is 0 Å². The van der Waals surface area contributed by atoms with Gasteiger partial charge in [0.1, 0.15) is 0 Å². The molecule has 0 bridgehead atoms. The molecule has 2 nitrogen and oxygen atoms in total. The predicted molar refractivity (Wildman–Crippen MR) is 81.2 cm³/mol. The van der Waals surface area contributed by atoms with Crippen molar-refractivity contribution in [1.82, 2.24) is 5.32 Å². The van der Waals surface area contributed by atoms with Crippen LogP contribution in [0.2, 0.25) is 0 Å². The lowest BCUT2D eigenvalue weighted by atomic mass is 9.99. The van der Waals surface area contributed by atoms with Gasteiger partial charge in [-0.3, -0.25) is 4.79 Å². The second kappa shape index (κ2) is 8.73. The van der Waals surface area contributed by atoms with Crippen LogP contribution in [0.1, 0.15) is 50.7 Å². The van der Waals surface area contributed by atoms with Gasteiger partial charge in [-0.1, -0.05) is 62.9 Å². The van der Waals surface area contributed by atoms with Crippen molar-refractivity contribution in [1.29, 1.82) is 0 Å². The summed E-state index contributed by atoms with van der Waals surface area (Å²) in [4.78, 5) is 11.9. The molecule has 106 valence electrons. The Hall–Kier alpha value is -1.31. The van der Waals surface area contributed by atoms with Gasteiger partial charge in [0.05, 0.1) is 6.42 Å². The molecular weight excluding hydrogens is 234 g/mol. The minimum atomic E-state index is 0.138. The van der Waals surface area contributed by atoms with E-state index in [1.165, 1.54) is 24.8 Å². The molecule has 0 heterocycles. The van der Waals surface area contributed by atoms with E-state index >= 15 is 0 Å². The van der Waals surface area contributed by atoms with Crippen molar-refractivity contribution >= 4 is 5.91 Å². The van der Waals surface area contributed by atoms with E-state index in [1.807, 2.05) is 12.1 Å².